The van der Waals surface area contributed by atoms with Crippen LogP contribution in [0, 0.1) is 5.92 Å². The molecule has 1 aromatic heterocycles. The van der Waals surface area contributed by atoms with Gasteiger partial charge in [-0.15, -0.1) is 10.2 Å². The van der Waals surface area contributed by atoms with Crippen molar-refractivity contribution in [2.45, 2.75) is 51.5 Å². The molecule has 5 heteroatoms. The number of aromatic nitrogens is 2. The molecule has 19 heavy (non-hydrogen) atoms. The summed E-state index contributed by atoms with van der Waals surface area (Å²) in [6.45, 7) is 2.17. The minimum absolute atomic E-state index is 0.0173. The number of anilines is 1. The zero-order valence-corrected chi connectivity index (χ0v) is 11.3. The molecule has 2 N–H and O–H groups in total. The number of carbonyl (C=O) groups is 1. The van der Waals surface area contributed by atoms with E-state index in [0.717, 1.165) is 6.42 Å². The molecule has 1 saturated carbocycles. The summed E-state index contributed by atoms with van der Waals surface area (Å²) in [6.07, 6.45) is 7.56. The van der Waals surface area contributed by atoms with Gasteiger partial charge in [0, 0.05) is 6.04 Å². The highest BCUT2D eigenvalue weighted by atomic mass is 16.4. The molecule has 1 aliphatic carbocycles. The number of hydrogen-bond acceptors (Lipinski definition) is 4. The predicted octanol–water partition coefficient (Wildman–Crippen LogP) is 2.95. The molecule has 1 aromatic rings. The number of carboxylic acids is 1. The number of rotatable bonds is 5. The Balaban J connectivity index is 1.99. The molecule has 1 aliphatic rings. The van der Waals surface area contributed by atoms with Crippen molar-refractivity contribution in [1.82, 2.24) is 10.2 Å². The van der Waals surface area contributed by atoms with E-state index in [9.17, 15) is 4.79 Å². The van der Waals surface area contributed by atoms with E-state index in [2.05, 4.69) is 22.4 Å². The molecule has 0 amide bonds. The van der Waals surface area contributed by atoms with Gasteiger partial charge < -0.3 is 10.4 Å². The minimum atomic E-state index is -1.04. The summed E-state index contributed by atoms with van der Waals surface area (Å²) in [4.78, 5) is 10.7. The zero-order chi connectivity index (χ0) is 13.7. The summed E-state index contributed by atoms with van der Waals surface area (Å²) in [5.74, 6) is 0.320. The molecule has 1 fully saturated rings. The molecule has 0 aromatic carbocycles. The van der Waals surface area contributed by atoms with Crippen molar-refractivity contribution in [3.05, 3.63) is 17.8 Å². The number of aromatic carboxylic acids is 1. The van der Waals surface area contributed by atoms with E-state index in [-0.39, 0.29) is 5.69 Å². The minimum Gasteiger partial charge on any atom is -0.476 e. The summed E-state index contributed by atoms with van der Waals surface area (Å²) in [5, 5.41) is 19.8. The average Bonchev–Trinajstić information content (AvgIpc) is 2.46. The van der Waals surface area contributed by atoms with Crippen LogP contribution in [0.5, 0.6) is 0 Å². The third-order valence-corrected chi connectivity index (χ3v) is 3.88. The van der Waals surface area contributed by atoms with Crippen molar-refractivity contribution in [1.29, 1.82) is 0 Å². The Morgan fingerprint density at radius 1 is 1.37 bits per heavy atom. The van der Waals surface area contributed by atoms with Gasteiger partial charge >= 0.3 is 5.97 Å². The van der Waals surface area contributed by atoms with Gasteiger partial charge in [0.15, 0.2) is 5.69 Å². The molecule has 0 spiro atoms. The predicted molar refractivity (Wildman–Crippen MR) is 73.3 cm³/mol. The largest absolute Gasteiger partial charge is 0.476 e. The van der Waals surface area contributed by atoms with Crippen LogP contribution in [0.3, 0.4) is 0 Å². The summed E-state index contributed by atoms with van der Waals surface area (Å²) in [5.41, 5.74) is -0.0173. The van der Waals surface area contributed by atoms with Crippen molar-refractivity contribution in [3.8, 4) is 0 Å². The Morgan fingerprint density at radius 2 is 2.11 bits per heavy atom. The quantitative estimate of drug-likeness (QED) is 0.854. The van der Waals surface area contributed by atoms with Crippen molar-refractivity contribution in [3.63, 3.8) is 0 Å². The van der Waals surface area contributed by atoms with Crippen LogP contribution in [0.2, 0.25) is 0 Å². The molecule has 104 valence electrons. The second kappa shape index (κ2) is 6.50. The van der Waals surface area contributed by atoms with Gasteiger partial charge in [-0.25, -0.2) is 4.79 Å². The molecule has 0 bridgehead atoms. The molecule has 5 nitrogen and oxygen atoms in total. The van der Waals surface area contributed by atoms with Gasteiger partial charge in [-0.3, -0.25) is 0 Å². The first-order valence-electron chi connectivity index (χ1n) is 7.04. The van der Waals surface area contributed by atoms with Crippen LogP contribution in [0.25, 0.3) is 0 Å². The molecule has 0 radical (unpaired) electrons. The van der Waals surface area contributed by atoms with Crippen LogP contribution >= 0.6 is 0 Å². The van der Waals surface area contributed by atoms with E-state index >= 15 is 0 Å². The smallest absolute Gasteiger partial charge is 0.356 e. The van der Waals surface area contributed by atoms with Crippen molar-refractivity contribution < 1.29 is 9.90 Å². The van der Waals surface area contributed by atoms with E-state index < -0.39 is 5.97 Å². The number of carboxylic acid groups (broad SMARTS) is 1. The van der Waals surface area contributed by atoms with Crippen LogP contribution in [-0.2, 0) is 0 Å². The fraction of sp³-hybridized carbons (Fsp3) is 0.643. The Kier molecular flexibility index (Phi) is 4.71. The maximum Gasteiger partial charge on any atom is 0.356 e. The average molecular weight is 263 g/mol. The molecule has 2 rings (SSSR count). The lowest BCUT2D eigenvalue weighted by atomic mass is 9.83. The van der Waals surface area contributed by atoms with Crippen molar-refractivity contribution >= 4 is 11.8 Å². The van der Waals surface area contributed by atoms with Crippen molar-refractivity contribution in [2.75, 3.05) is 5.32 Å². The van der Waals surface area contributed by atoms with Crippen LogP contribution < -0.4 is 5.32 Å². The molecular weight excluding hydrogens is 242 g/mol. The first-order chi connectivity index (χ1) is 9.20. The lowest BCUT2D eigenvalue weighted by molar-refractivity contribution is 0.0689. The highest BCUT2D eigenvalue weighted by Gasteiger charge is 2.22. The topological polar surface area (TPSA) is 75.1 Å². The lowest BCUT2D eigenvalue weighted by Gasteiger charge is -2.30. The monoisotopic (exact) mass is 263 g/mol. The highest BCUT2D eigenvalue weighted by molar-refractivity contribution is 5.85. The van der Waals surface area contributed by atoms with Gasteiger partial charge in [-0.1, -0.05) is 26.2 Å². The van der Waals surface area contributed by atoms with Crippen LogP contribution in [0.15, 0.2) is 12.1 Å². The molecule has 1 unspecified atom stereocenters. The van der Waals surface area contributed by atoms with Gasteiger partial charge in [0.2, 0.25) is 0 Å². The second-order valence-corrected chi connectivity index (χ2v) is 5.17. The van der Waals surface area contributed by atoms with E-state index in [1.807, 2.05) is 0 Å². The summed E-state index contributed by atoms with van der Waals surface area (Å²) >= 11 is 0. The normalized spacial score (nSPS) is 17.9. The third-order valence-electron chi connectivity index (χ3n) is 3.88. The van der Waals surface area contributed by atoms with Gasteiger partial charge in [0.25, 0.3) is 0 Å². The molecular formula is C14H21N3O2. The molecule has 1 atom stereocenters. The maximum atomic E-state index is 10.7. The molecule has 1 heterocycles. The van der Waals surface area contributed by atoms with Crippen LogP contribution in [0.1, 0.15) is 55.9 Å². The Labute approximate surface area is 113 Å². The van der Waals surface area contributed by atoms with Crippen molar-refractivity contribution in [2.24, 2.45) is 5.92 Å². The van der Waals surface area contributed by atoms with E-state index in [1.165, 1.54) is 38.2 Å². The van der Waals surface area contributed by atoms with Gasteiger partial charge in [0.1, 0.15) is 5.82 Å². The summed E-state index contributed by atoms with van der Waals surface area (Å²) in [6, 6.07) is 3.60. The first kappa shape index (κ1) is 13.8. The van der Waals surface area contributed by atoms with E-state index in [0.29, 0.717) is 17.8 Å². The van der Waals surface area contributed by atoms with E-state index in [4.69, 9.17) is 5.11 Å². The fourth-order valence-electron chi connectivity index (χ4n) is 2.80. The second-order valence-electron chi connectivity index (χ2n) is 5.17. The van der Waals surface area contributed by atoms with Gasteiger partial charge in [-0.2, -0.15) is 0 Å². The molecule has 0 aliphatic heterocycles. The summed E-state index contributed by atoms with van der Waals surface area (Å²) in [7, 11) is 0. The standard InChI is InChI=1S/C14H21N3O2/c1-2-11(10-6-4-3-5-7-10)15-13-9-8-12(14(18)19)16-17-13/h8-11H,2-7H2,1H3,(H,15,17)(H,18,19). The summed E-state index contributed by atoms with van der Waals surface area (Å²) < 4.78 is 0. The van der Waals surface area contributed by atoms with Gasteiger partial charge in [-0.05, 0) is 37.3 Å². The Bertz CT molecular complexity index is 413. The Morgan fingerprint density at radius 3 is 2.63 bits per heavy atom. The number of nitrogens with one attached hydrogen (secondary N) is 1. The third kappa shape index (κ3) is 3.66. The van der Waals surface area contributed by atoms with Crippen LogP contribution in [-0.4, -0.2) is 27.3 Å². The Hall–Kier alpha value is -1.65. The maximum absolute atomic E-state index is 10.7. The SMILES string of the molecule is CCC(Nc1ccc(C(=O)O)nn1)C1CCCCC1. The van der Waals surface area contributed by atoms with Gasteiger partial charge in [0.05, 0.1) is 0 Å². The first-order valence-corrected chi connectivity index (χ1v) is 7.04. The van der Waals surface area contributed by atoms with E-state index in [1.54, 1.807) is 6.07 Å². The fourth-order valence-corrected chi connectivity index (χ4v) is 2.80. The lowest BCUT2D eigenvalue weighted by Crippen LogP contribution is -2.30. The molecule has 0 saturated heterocycles. The zero-order valence-electron chi connectivity index (χ0n) is 11.3. The number of nitrogens with zero attached hydrogens (tertiary/aromatic N) is 2. The van der Waals surface area contributed by atoms with Crippen LogP contribution in [0.4, 0.5) is 5.82 Å². The highest BCUT2D eigenvalue weighted by Crippen LogP contribution is 2.29. The number of hydrogen-bond donors (Lipinski definition) is 2.